The van der Waals surface area contributed by atoms with Crippen molar-refractivity contribution in [3.05, 3.63) is 29.8 Å². The van der Waals surface area contributed by atoms with Crippen LogP contribution in [0.3, 0.4) is 0 Å². The molecule has 20 heavy (non-hydrogen) atoms. The summed E-state index contributed by atoms with van der Waals surface area (Å²) in [7, 11) is -3.45. The smallest absolute Gasteiger partial charge is 0.303 e. The van der Waals surface area contributed by atoms with Gasteiger partial charge in [-0.15, -0.1) is 0 Å². The molecule has 0 aliphatic carbocycles. The predicted molar refractivity (Wildman–Crippen MR) is 76.3 cm³/mol. The van der Waals surface area contributed by atoms with E-state index in [4.69, 9.17) is 9.84 Å². The number of carboxylic acids is 1. The quantitative estimate of drug-likeness (QED) is 0.674. The Kier molecular flexibility index (Phi) is 6.47. The van der Waals surface area contributed by atoms with E-state index in [0.717, 1.165) is 5.56 Å². The third-order valence-electron chi connectivity index (χ3n) is 2.53. The average Bonchev–Trinajstić information content (AvgIpc) is 2.36. The average molecular weight is 301 g/mol. The van der Waals surface area contributed by atoms with Gasteiger partial charge in [-0.25, -0.2) is 8.42 Å². The van der Waals surface area contributed by atoms with Crippen LogP contribution in [0.5, 0.6) is 0 Å². The van der Waals surface area contributed by atoms with Gasteiger partial charge in [0.25, 0.3) is 0 Å². The molecular formula is C13H19NO5S. The summed E-state index contributed by atoms with van der Waals surface area (Å²) in [5, 5.41) is 8.63. The van der Waals surface area contributed by atoms with Crippen molar-refractivity contribution in [3.8, 4) is 0 Å². The lowest BCUT2D eigenvalue weighted by Crippen LogP contribution is -2.20. The molecule has 0 saturated carbocycles. The van der Waals surface area contributed by atoms with Gasteiger partial charge >= 0.3 is 5.97 Å². The summed E-state index contributed by atoms with van der Waals surface area (Å²) in [6.07, 6.45) is 0.379. The summed E-state index contributed by atoms with van der Waals surface area (Å²) < 4.78 is 31.0. The zero-order valence-corrected chi connectivity index (χ0v) is 12.1. The van der Waals surface area contributed by atoms with Crippen LogP contribution in [0.2, 0.25) is 0 Å². The second kappa shape index (κ2) is 7.86. The Labute approximate surface area is 118 Å². The lowest BCUT2D eigenvalue weighted by Gasteiger charge is -2.09. The van der Waals surface area contributed by atoms with Crippen LogP contribution < -0.4 is 4.72 Å². The largest absolute Gasteiger partial charge is 0.481 e. The summed E-state index contributed by atoms with van der Waals surface area (Å²) in [6, 6.07) is 6.72. The van der Waals surface area contributed by atoms with Crippen molar-refractivity contribution in [2.75, 3.05) is 23.7 Å². The zero-order chi connectivity index (χ0) is 15.0. The van der Waals surface area contributed by atoms with Crippen molar-refractivity contribution in [2.24, 2.45) is 0 Å². The summed E-state index contributed by atoms with van der Waals surface area (Å²) in [4.78, 5) is 10.5. The minimum Gasteiger partial charge on any atom is -0.481 e. The fourth-order valence-corrected chi connectivity index (χ4v) is 2.51. The molecule has 0 unspecified atom stereocenters. The van der Waals surface area contributed by atoms with E-state index in [1.807, 2.05) is 0 Å². The molecule has 1 rings (SSSR count). The number of benzene rings is 1. The number of anilines is 1. The fourth-order valence-electron chi connectivity index (χ4n) is 1.59. The summed E-state index contributed by atoms with van der Waals surface area (Å²) in [5.74, 6) is -0.993. The molecule has 1 aromatic carbocycles. The number of hydrogen-bond acceptors (Lipinski definition) is 4. The Morgan fingerprint density at radius 3 is 2.80 bits per heavy atom. The highest BCUT2D eigenvalue weighted by atomic mass is 32.2. The number of nitrogens with one attached hydrogen (secondary N) is 1. The van der Waals surface area contributed by atoms with E-state index in [2.05, 4.69) is 4.72 Å². The minimum absolute atomic E-state index is 0.0144. The predicted octanol–water partition coefficient (Wildman–Crippen LogP) is 1.48. The highest BCUT2D eigenvalue weighted by molar-refractivity contribution is 7.92. The van der Waals surface area contributed by atoms with Gasteiger partial charge in [-0.3, -0.25) is 9.52 Å². The fraction of sp³-hybridized carbons (Fsp3) is 0.462. The van der Waals surface area contributed by atoms with Crippen LogP contribution in [0.4, 0.5) is 5.69 Å². The van der Waals surface area contributed by atoms with Crippen molar-refractivity contribution in [1.82, 2.24) is 0 Å². The highest BCUT2D eigenvalue weighted by Crippen LogP contribution is 2.14. The van der Waals surface area contributed by atoms with Crippen LogP contribution in [0.15, 0.2) is 24.3 Å². The Morgan fingerprint density at radius 2 is 2.15 bits per heavy atom. The molecule has 6 nitrogen and oxygen atoms in total. The van der Waals surface area contributed by atoms with E-state index in [-0.39, 0.29) is 18.8 Å². The van der Waals surface area contributed by atoms with Gasteiger partial charge in [-0.05, 0) is 31.0 Å². The molecule has 0 spiro atoms. The van der Waals surface area contributed by atoms with Crippen LogP contribution in [0.1, 0.15) is 18.9 Å². The minimum atomic E-state index is -3.45. The molecule has 0 radical (unpaired) electrons. The standard InChI is InChI=1S/C13H19NO5S/c1-2-19-8-9-20(17,18)14-12-5-3-4-11(10-12)6-7-13(15)16/h3-5,10,14H,2,6-9H2,1H3,(H,15,16). The van der Waals surface area contributed by atoms with Crippen LogP contribution >= 0.6 is 0 Å². The number of ether oxygens (including phenoxy) is 1. The SMILES string of the molecule is CCOCCS(=O)(=O)Nc1cccc(CCC(=O)O)c1. The van der Waals surface area contributed by atoms with Gasteiger partial charge in [0.2, 0.25) is 10.0 Å². The molecule has 1 aromatic rings. The van der Waals surface area contributed by atoms with Crippen LogP contribution in [0, 0.1) is 0 Å². The zero-order valence-electron chi connectivity index (χ0n) is 11.3. The topological polar surface area (TPSA) is 92.7 Å². The van der Waals surface area contributed by atoms with Crippen molar-refractivity contribution in [1.29, 1.82) is 0 Å². The third kappa shape index (κ3) is 6.53. The molecule has 0 aliphatic heterocycles. The van der Waals surface area contributed by atoms with E-state index in [1.54, 1.807) is 31.2 Å². The first-order chi connectivity index (χ1) is 9.43. The molecule has 0 heterocycles. The van der Waals surface area contributed by atoms with Gasteiger partial charge in [0, 0.05) is 18.7 Å². The molecular weight excluding hydrogens is 282 g/mol. The molecule has 112 valence electrons. The number of sulfonamides is 1. The Balaban J connectivity index is 2.63. The van der Waals surface area contributed by atoms with Gasteiger partial charge in [-0.1, -0.05) is 12.1 Å². The Bertz CT molecular complexity index is 541. The molecule has 0 fully saturated rings. The second-order valence-corrected chi connectivity index (χ2v) is 6.05. The molecule has 0 bridgehead atoms. The molecule has 7 heteroatoms. The molecule has 0 amide bonds. The molecule has 0 atom stereocenters. The first kappa shape index (κ1) is 16.5. The van der Waals surface area contributed by atoms with Gasteiger partial charge in [0.1, 0.15) is 0 Å². The van der Waals surface area contributed by atoms with Crippen LogP contribution in [0.25, 0.3) is 0 Å². The molecule has 0 aromatic heterocycles. The van der Waals surface area contributed by atoms with Gasteiger partial charge in [-0.2, -0.15) is 0 Å². The molecule has 0 aliphatic rings. The number of hydrogen-bond donors (Lipinski definition) is 2. The Hall–Kier alpha value is -1.60. The van der Waals surface area contributed by atoms with Gasteiger partial charge in [0.05, 0.1) is 12.4 Å². The highest BCUT2D eigenvalue weighted by Gasteiger charge is 2.10. The van der Waals surface area contributed by atoms with Crippen molar-refractivity contribution >= 4 is 21.7 Å². The van der Waals surface area contributed by atoms with Crippen LogP contribution in [-0.4, -0.2) is 38.5 Å². The van der Waals surface area contributed by atoms with E-state index >= 15 is 0 Å². The normalized spacial score (nSPS) is 11.2. The number of carboxylic acid groups (broad SMARTS) is 1. The second-order valence-electron chi connectivity index (χ2n) is 4.21. The maximum atomic E-state index is 11.8. The van der Waals surface area contributed by atoms with E-state index < -0.39 is 16.0 Å². The van der Waals surface area contributed by atoms with E-state index in [0.29, 0.717) is 18.7 Å². The monoisotopic (exact) mass is 301 g/mol. The number of aryl methyl sites for hydroxylation is 1. The van der Waals surface area contributed by atoms with Gasteiger partial charge in [0.15, 0.2) is 0 Å². The number of carbonyl (C=O) groups is 1. The molecule has 0 saturated heterocycles. The maximum absolute atomic E-state index is 11.8. The van der Waals surface area contributed by atoms with E-state index in [1.165, 1.54) is 0 Å². The van der Waals surface area contributed by atoms with Crippen molar-refractivity contribution in [3.63, 3.8) is 0 Å². The first-order valence-electron chi connectivity index (χ1n) is 6.32. The van der Waals surface area contributed by atoms with Gasteiger partial charge < -0.3 is 9.84 Å². The van der Waals surface area contributed by atoms with Crippen LogP contribution in [-0.2, 0) is 26.0 Å². The first-order valence-corrected chi connectivity index (χ1v) is 7.97. The summed E-state index contributed by atoms with van der Waals surface area (Å²) >= 11 is 0. The van der Waals surface area contributed by atoms with Crippen molar-refractivity contribution in [2.45, 2.75) is 19.8 Å². The summed E-state index contributed by atoms with van der Waals surface area (Å²) in [5.41, 5.74) is 1.21. The Morgan fingerprint density at radius 1 is 1.40 bits per heavy atom. The van der Waals surface area contributed by atoms with Crippen molar-refractivity contribution < 1.29 is 23.1 Å². The lowest BCUT2D eigenvalue weighted by molar-refractivity contribution is -0.136. The molecule has 2 N–H and O–H groups in total. The maximum Gasteiger partial charge on any atom is 0.303 e. The third-order valence-corrected chi connectivity index (χ3v) is 3.78. The summed E-state index contributed by atoms with van der Waals surface area (Å²) in [6.45, 7) is 2.41. The lowest BCUT2D eigenvalue weighted by atomic mass is 10.1. The number of rotatable bonds is 9. The number of aliphatic carboxylic acids is 1. The van der Waals surface area contributed by atoms with E-state index in [9.17, 15) is 13.2 Å².